The van der Waals surface area contributed by atoms with Crippen LogP contribution in [0.1, 0.15) is 58.3 Å². The Balaban J connectivity index is 2.71. The Bertz CT molecular complexity index is 310. The summed E-state index contributed by atoms with van der Waals surface area (Å²) in [5.41, 5.74) is 5.65. The van der Waals surface area contributed by atoms with E-state index in [9.17, 15) is 4.79 Å². The second kappa shape index (κ2) is 8.02. The van der Waals surface area contributed by atoms with E-state index in [2.05, 4.69) is 5.16 Å². The zero-order valence-corrected chi connectivity index (χ0v) is 12.1. The van der Waals surface area contributed by atoms with Gasteiger partial charge in [0.1, 0.15) is 0 Å². The molecule has 1 rings (SSSR count). The average Bonchev–Trinajstić information content (AvgIpc) is 2.71. The third-order valence-corrected chi connectivity index (χ3v) is 4.07. The lowest BCUT2D eigenvalue weighted by atomic mass is 9.98. The van der Waals surface area contributed by atoms with Gasteiger partial charge in [0.2, 0.25) is 5.91 Å². The van der Waals surface area contributed by atoms with E-state index in [1.54, 1.807) is 0 Å². The molecule has 1 fully saturated rings. The Morgan fingerprint density at radius 1 is 1.37 bits per heavy atom. The molecule has 5 heteroatoms. The van der Waals surface area contributed by atoms with Crippen LogP contribution in [-0.2, 0) is 4.79 Å². The summed E-state index contributed by atoms with van der Waals surface area (Å²) in [6.07, 6.45) is 8.49. The number of rotatable bonds is 5. The third kappa shape index (κ3) is 4.40. The summed E-state index contributed by atoms with van der Waals surface area (Å²) in [6.45, 7) is 2.00. The van der Waals surface area contributed by atoms with Crippen molar-refractivity contribution < 1.29 is 10.0 Å². The van der Waals surface area contributed by atoms with Crippen LogP contribution in [0.25, 0.3) is 0 Å². The molecule has 0 aromatic rings. The first kappa shape index (κ1) is 15.8. The Morgan fingerprint density at radius 2 is 1.95 bits per heavy atom. The summed E-state index contributed by atoms with van der Waals surface area (Å²) in [7, 11) is 1.85. The van der Waals surface area contributed by atoms with Gasteiger partial charge in [-0.05, 0) is 19.3 Å². The molecule has 0 bridgehead atoms. The quantitative estimate of drug-likeness (QED) is 0.264. The van der Waals surface area contributed by atoms with Gasteiger partial charge in [-0.15, -0.1) is 0 Å². The van der Waals surface area contributed by atoms with Crippen molar-refractivity contribution in [2.24, 2.45) is 16.8 Å². The highest BCUT2D eigenvalue weighted by Crippen LogP contribution is 2.23. The second-order valence-electron chi connectivity index (χ2n) is 5.46. The summed E-state index contributed by atoms with van der Waals surface area (Å²) in [5.74, 6) is -0.459. The maximum atomic E-state index is 12.5. The average molecular weight is 269 g/mol. The van der Waals surface area contributed by atoms with Crippen molar-refractivity contribution in [3.63, 3.8) is 0 Å². The van der Waals surface area contributed by atoms with Gasteiger partial charge in [-0.1, -0.05) is 44.2 Å². The molecule has 1 aliphatic rings. The first-order chi connectivity index (χ1) is 9.11. The number of amidine groups is 1. The number of hydrogen-bond acceptors (Lipinski definition) is 3. The molecule has 1 aliphatic carbocycles. The number of carbonyl (C=O) groups excluding carboxylic acids is 1. The van der Waals surface area contributed by atoms with Crippen molar-refractivity contribution in [3.05, 3.63) is 0 Å². The highest BCUT2D eigenvalue weighted by Gasteiger charge is 2.29. The van der Waals surface area contributed by atoms with Crippen LogP contribution in [0.5, 0.6) is 0 Å². The summed E-state index contributed by atoms with van der Waals surface area (Å²) in [6, 6.07) is 0.306. The van der Waals surface area contributed by atoms with E-state index in [0.29, 0.717) is 12.5 Å². The predicted octanol–water partition coefficient (Wildman–Crippen LogP) is 2.33. The van der Waals surface area contributed by atoms with Gasteiger partial charge in [-0.2, -0.15) is 0 Å². The minimum atomic E-state index is -0.483. The van der Waals surface area contributed by atoms with E-state index in [0.717, 1.165) is 19.3 Å². The molecule has 0 saturated heterocycles. The normalized spacial score (nSPS) is 19.8. The number of hydrogen-bond donors (Lipinski definition) is 2. The van der Waals surface area contributed by atoms with Crippen LogP contribution in [-0.4, -0.2) is 34.9 Å². The van der Waals surface area contributed by atoms with Crippen molar-refractivity contribution in [2.45, 2.75) is 64.3 Å². The van der Waals surface area contributed by atoms with Crippen LogP contribution in [0.3, 0.4) is 0 Å². The Labute approximate surface area is 115 Å². The Morgan fingerprint density at radius 3 is 2.42 bits per heavy atom. The molecule has 0 aromatic carbocycles. The SMILES string of the molecule is CCCC(C(=O)N(C)C1CCCCCC1)C(N)=NO. The molecule has 3 N–H and O–H groups in total. The molecule has 1 saturated carbocycles. The van der Waals surface area contributed by atoms with E-state index in [-0.39, 0.29) is 11.7 Å². The molecule has 1 atom stereocenters. The fraction of sp³-hybridized carbons (Fsp3) is 0.857. The van der Waals surface area contributed by atoms with Crippen LogP contribution >= 0.6 is 0 Å². The summed E-state index contributed by atoms with van der Waals surface area (Å²) >= 11 is 0. The standard InChI is InChI=1S/C14H27N3O2/c1-3-8-12(13(15)16-19)14(18)17(2)11-9-6-4-5-7-10-11/h11-12,19H,3-10H2,1-2H3,(H2,15,16). The molecule has 1 unspecified atom stereocenters. The van der Waals surface area contributed by atoms with Crippen LogP contribution in [0.2, 0.25) is 0 Å². The van der Waals surface area contributed by atoms with Gasteiger partial charge < -0.3 is 15.8 Å². The number of carbonyl (C=O) groups is 1. The zero-order valence-electron chi connectivity index (χ0n) is 12.1. The van der Waals surface area contributed by atoms with E-state index in [1.165, 1.54) is 25.7 Å². The molecule has 0 spiro atoms. The topological polar surface area (TPSA) is 78.9 Å². The number of oxime groups is 1. The Hall–Kier alpha value is -1.26. The van der Waals surface area contributed by atoms with E-state index in [1.807, 2.05) is 18.9 Å². The van der Waals surface area contributed by atoms with Crippen molar-refractivity contribution in [1.82, 2.24) is 4.90 Å². The monoisotopic (exact) mass is 269 g/mol. The molecule has 0 heterocycles. The number of nitrogens with zero attached hydrogens (tertiary/aromatic N) is 2. The Kier molecular flexibility index (Phi) is 6.67. The molecule has 0 aliphatic heterocycles. The fourth-order valence-electron chi connectivity index (χ4n) is 2.83. The summed E-state index contributed by atoms with van der Waals surface area (Å²) in [4.78, 5) is 14.3. The van der Waals surface area contributed by atoms with E-state index >= 15 is 0 Å². The minimum Gasteiger partial charge on any atom is -0.409 e. The molecule has 0 aromatic heterocycles. The lowest BCUT2D eigenvalue weighted by molar-refractivity contribution is -0.134. The van der Waals surface area contributed by atoms with Crippen LogP contribution in [0, 0.1) is 5.92 Å². The van der Waals surface area contributed by atoms with Crippen molar-refractivity contribution in [1.29, 1.82) is 0 Å². The van der Waals surface area contributed by atoms with Crippen LogP contribution in [0.4, 0.5) is 0 Å². The van der Waals surface area contributed by atoms with Crippen LogP contribution < -0.4 is 5.73 Å². The van der Waals surface area contributed by atoms with Gasteiger partial charge in [0.15, 0.2) is 5.84 Å². The van der Waals surface area contributed by atoms with E-state index in [4.69, 9.17) is 10.9 Å². The van der Waals surface area contributed by atoms with Gasteiger partial charge >= 0.3 is 0 Å². The highest BCUT2D eigenvalue weighted by molar-refractivity contribution is 6.02. The molecule has 19 heavy (non-hydrogen) atoms. The third-order valence-electron chi connectivity index (χ3n) is 4.07. The molecule has 0 radical (unpaired) electrons. The first-order valence-electron chi connectivity index (χ1n) is 7.35. The molecular weight excluding hydrogens is 242 g/mol. The smallest absolute Gasteiger partial charge is 0.233 e. The first-order valence-corrected chi connectivity index (χ1v) is 7.35. The zero-order chi connectivity index (χ0) is 14.3. The van der Waals surface area contributed by atoms with Gasteiger partial charge in [0.05, 0.1) is 5.92 Å². The van der Waals surface area contributed by atoms with Gasteiger partial charge in [0, 0.05) is 13.1 Å². The lowest BCUT2D eigenvalue weighted by Gasteiger charge is -2.30. The van der Waals surface area contributed by atoms with Gasteiger partial charge in [-0.3, -0.25) is 4.79 Å². The van der Waals surface area contributed by atoms with Crippen molar-refractivity contribution in [3.8, 4) is 0 Å². The second-order valence-corrected chi connectivity index (χ2v) is 5.46. The van der Waals surface area contributed by atoms with Gasteiger partial charge in [-0.25, -0.2) is 0 Å². The van der Waals surface area contributed by atoms with Crippen LogP contribution in [0.15, 0.2) is 5.16 Å². The summed E-state index contributed by atoms with van der Waals surface area (Å²) in [5, 5.41) is 11.8. The molecular formula is C14H27N3O2. The fourth-order valence-corrected chi connectivity index (χ4v) is 2.83. The predicted molar refractivity (Wildman–Crippen MR) is 76.1 cm³/mol. The molecule has 1 amide bonds. The van der Waals surface area contributed by atoms with Crippen molar-refractivity contribution >= 4 is 11.7 Å². The maximum Gasteiger partial charge on any atom is 0.233 e. The number of nitrogens with two attached hydrogens (primary N) is 1. The van der Waals surface area contributed by atoms with E-state index < -0.39 is 5.92 Å². The highest BCUT2D eigenvalue weighted by atomic mass is 16.4. The minimum absolute atomic E-state index is 0.0101. The molecule has 110 valence electrons. The van der Waals surface area contributed by atoms with Gasteiger partial charge in [0.25, 0.3) is 0 Å². The maximum absolute atomic E-state index is 12.5. The van der Waals surface area contributed by atoms with Crippen molar-refractivity contribution in [2.75, 3.05) is 7.05 Å². The lowest BCUT2D eigenvalue weighted by Crippen LogP contribution is -2.44. The number of amides is 1. The summed E-state index contributed by atoms with van der Waals surface area (Å²) < 4.78 is 0. The molecule has 5 nitrogen and oxygen atoms in total. The largest absolute Gasteiger partial charge is 0.409 e.